The molecule has 0 aromatic heterocycles. The van der Waals surface area contributed by atoms with Crippen LogP contribution in [0.5, 0.6) is 0 Å². The second kappa shape index (κ2) is 28.6. The van der Waals surface area contributed by atoms with Gasteiger partial charge in [-0.05, 0) is 6.42 Å². The first kappa shape index (κ1) is 32.1. The zero-order valence-corrected chi connectivity index (χ0v) is 20.1. The van der Waals surface area contributed by atoms with Crippen LogP contribution in [0.1, 0.15) is 110 Å². The Morgan fingerprint density at radius 1 is 0.536 bits per heavy atom. The van der Waals surface area contributed by atoms with E-state index in [2.05, 4.69) is 16.3 Å². The molecule has 3 N–H and O–H groups in total. The summed E-state index contributed by atoms with van der Waals surface area (Å²) in [6.45, 7) is 2.26. The van der Waals surface area contributed by atoms with E-state index in [-0.39, 0.29) is 12.8 Å². The second-order valence-electron chi connectivity index (χ2n) is 6.67. The number of carbonyl (C=O) groups is 3. The summed E-state index contributed by atoms with van der Waals surface area (Å²) in [5, 5.41) is 24.3. The minimum atomic E-state index is -1.08. The fourth-order valence-electron chi connectivity index (χ4n) is 2.51. The molecule has 6 nitrogen and oxygen atoms in total. The van der Waals surface area contributed by atoms with Crippen LogP contribution >= 0.6 is 9.42 Å². The van der Waals surface area contributed by atoms with Crippen LogP contribution < -0.4 is 0 Å². The molecule has 0 aliphatic carbocycles. The molecular formula is C20H38ClO6Pt. The van der Waals surface area contributed by atoms with E-state index in [1.807, 2.05) is 0 Å². The first-order valence-corrected chi connectivity index (χ1v) is 13.0. The van der Waals surface area contributed by atoms with Crippen molar-refractivity contribution in [3.63, 3.8) is 0 Å². The van der Waals surface area contributed by atoms with Crippen LogP contribution in [0.2, 0.25) is 0 Å². The molecule has 0 radical (unpaired) electrons. The summed E-state index contributed by atoms with van der Waals surface area (Å²) in [6, 6.07) is 0. The third-order valence-electron chi connectivity index (χ3n) is 4.05. The van der Waals surface area contributed by atoms with E-state index in [1.165, 1.54) is 70.6 Å². The van der Waals surface area contributed by atoms with E-state index in [4.69, 9.17) is 15.3 Å². The number of hydrogen-bond acceptors (Lipinski definition) is 3. The molecule has 0 aromatic rings. The second-order valence-corrected chi connectivity index (χ2v) is 6.67. The summed E-state index contributed by atoms with van der Waals surface area (Å²) in [6.07, 6.45) is 16.7. The first-order valence-electron chi connectivity index (χ1n) is 10.2. The van der Waals surface area contributed by atoms with Crippen molar-refractivity contribution in [3.05, 3.63) is 0 Å². The van der Waals surface area contributed by atoms with Crippen molar-refractivity contribution < 1.29 is 48.5 Å². The van der Waals surface area contributed by atoms with E-state index in [9.17, 15) is 14.4 Å². The van der Waals surface area contributed by atoms with Crippen LogP contribution in [0.3, 0.4) is 0 Å². The van der Waals surface area contributed by atoms with E-state index in [0.29, 0.717) is 6.42 Å². The third kappa shape index (κ3) is 40.2. The molecule has 0 spiro atoms. The van der Waals surface area contributed by atoms with Crippen molar-refractivity contribution in [1.82, 2.24) is 0 Å². The number of rotatable bonds is 17. The van der Waals surface area contributed by atoms with Gasteiger partial charge >= 0.3 is 46.1 Å². The summed E-state index contributed by atoms with van der Waals surface area (Å²) in [5.41, 5.74) is 0. The fourth-order valence-corrected chi connectivity index (χ4v) is 2.51. The zero-order valence-electron chi connectivity index (χ0n) is 17.1. The fraction of sp³-hybridized carbons (Fsp3) is 0.850. The topological polar surface area (TPSA) is 112 Å². The Balaban J connectivity index is -0.000000522. The van der Waals surface area contributed by atoms with Crippen LogP contribution in [0.4, 0.5) is 0 Å². The molecule has 0 aliphatic rings. The van der Waals surface area contributed by atoms with Gasteiger partial charge in [0.2, 0.25) is 0 Å². The zero-order chi connectivity index (χ0) is 22.0. The van der Waals surface area contributed by atoms with Crippen molar-refractivity contribution in [3.8, 4) is 0 Å². The number of aliphatic carboxylic acids is 3. The molecule has 171 valence electrons. The molecule has 28 heavy (non-hydrogen) atoms. The van der Waals surface area contributed by atoms with Gasteiger partial charge in [0.15, 0.2) is 0 Å². The van der Waals surface area contributed by atoms with Crippen LogP contribution in [0.25, 0.3) is 0 Å². The molecule has 0 atom stereocenters. The Hall–Kier alpha value is -0.612. The molecule has 0 saturated carbocycles. The molecule has 0 aromatic carbocycles. The summed E-state index contributed by atoms with van der Waals surface area (Å²) in [5.74, 6) is -2.81. The number of carboxylic acids is 3. The number of carboxylic acid groups (broad SMARTS) is 3. The summed E-state index contributed by atoms with van der Waals surface area (Å²) in [7, 11) is 4.61. The van der Waals surface area contributed by atoms with Gasteiger partial charge in [-0.3, -0.25) is 14.4 Å². The Bertz CT molecular complexity index is 353. The van der Waals surface area contributed by atoms with E-state index >= 15 is 0 Å². The van der Waals surface area contributed by atoms with Gasteiger partial charge in [0.1, 0.15) is 0 Å². The quantitative estimate of drug-likeness (QED) is 0.171. The molecular weight excluding hydrogens is 567 g/mol. The summed E-state index contributed by atoms with van der Waals surface area (Å²) in [4.78, 5) is 29.6. The molecule has 0 bridgehead atoms. The minimum absolute atomic E-state index is 0.296. The van der Waals surface area contributed by atoms with Gasteiger partial charge in [-0.1, -0.05) is 84.0 Å². The Kier molecular flexibility index (Phi) is 32.7. The van der Waals surface area contributed by atoms with Gasteiger partial charge < -0.3 is 15.3 Å². The predicted molar refractivity (Wildman–Crippen MR) is 108 cm³/mol. The van der Waals surface area contributed by atoms with Crippen molar-refractivity contribution in [2.75, 3.05) is 0 Å². The molecule has 0 unspecified atom stereocenters. The van der Waals surface area contributed by atoms with Gasteiger partial charge in [0.05, 0.1) is 12.8 Å². The van der Waals surface area contributed by atoms with Crippen LogP contribution in [0, 0.1) is 0 Å². The standard InChI is InChI=1S/C16H32O2.C4H6O4.ClH.Pt/c1-2-3-4-5-6-7-8-9-10-11-12-13-14-15-16(17)18;5-3(6)1-2-4(7)8;;/h2-15H2,1H3,(H,17,18);1-2H2,(H,5,6)(H,7,8);1H;/q;;;+1/p-1. The average molecular weight is 605 g/mol. The third-order valence-corrected chi connectivity index (χ3v) is 4.05. The Labute approximate surface area is 185 Å². The normalized spacial score (nSPS) is 9.57. The average Bonchev–Trinajstić information content (AvgIpc) is 2.66. The van der Waals surface area contributed by atoms with E-state index in [1.54, 1.807) is 18.8 Å². The monoisotopic (exact) mass is 604 g/mol. The van der Waals surface area contributed by atoms with E-state index in [0.717, 1.165) is 12.8 Å². The van der Waals surface area contributed by atoms with Crippen molar-refractivity contribution >= 4 is 27.3 Å². The maximum absolute atomic E-state index is 10.3. The van der Waals surface area contributed by atoms with Crippen LogP contribution in [-0.4, -0.2) is 33.2 Å². The summed E-state index contributed by atoms with van der Waals surface area (Å²) >= 11 is 1.61. The Morgan fingerprint density at radius 2 is 0.786 bits per heavy atom. The van der Waals surface area contributed by atoms with Crippen LogP contribution in [-0.2, 0) is 33.2 Å². The predicted octanol–water partition coefficient (Wildman–Crippen LogP) is 6.18. The van der Waals surface area contributed by atoms with Gasteiger partial charge in [-0.25, -0.2) is 0 Å². The molecule has 0 rings (SSSR count). The number of hydrogen-bond donors (Lipinski definition) is 3. The summed E-state index contributed by atoms with van der Waals surface area (Å²) < 4.78 is 0. The Morgan fingerprint density at radius 3 is 1.04 bits per heavy atom. The van der Waals surface area contributed by atoms with Gasteiger partial charge in [-0.15, -0.1) is 0 Å². The molecule has 0 amide bonds. The van der Waals surface area contributed by atoms with Crippen molar-refractivity contribution in [2.45, 2.75) is 110 Å². The number of unbranched alkanes of at least 4 members (excludes halogenated alkanes) is 12. The van der Waals surface area contributed by atoms with Gasteiger partial charge in [0, 0.05) is 6.42 Å². The van der Waals surface area contributed by atoms with Crippen molar-refractivity contribution in [2.24, 2.45) is 0 Å². The van der Waals surface area contributed by atoms with Gasteiger partial charge in [-0.2, -0.15) is 0 Å². The van der Waals surface area contributed by atoms with E-state index < -0.39 is 17.9 Å². The molecule has 0 saturated heterocycles. The van der Waals surface area contributed by atoms with Gasteiger partial charge in [0.25, 0.3) is 0 Å². The SMILES string of the molecule is CCCCCCCCCCCCCCCC(=O)O.O=C(O)CCC(=O)O.[Cl][Pt]. The molecule has 8 heteroatoms. The maximum atomic E-state index is 10.3. The number of halogens is 1. The molecule has 0 heterocycles. The molecule has 0 fully saturated rings. The first-order chi connectivity index (χ1) is 13.4. The van der Waals surface area contributed by atoms with Crippen molar-refractivity contribution in [1.29, 1.82) is 0 Å². The molecule has 0 aliphatic heterocycles. The van der Waals surface area contributed by atoms with Crippen LogP contribution in [0.15, 0.2) is 0 Å².